The van der Waals surface area contributed by atoms with Crippen molar-refractivity contribution in [3.05, 3.63) is 11.8 Å². The van der Waals surface area contributed by atoms with Crippen molar-refractivity contribution in [3.8, 4) is 0 Å². The molecule has 0 spiro atoms. The third-order valence-electron chi connectivity index (χ3n) is 4.39. The van der Waals surface area contributed by atoms with Crippen LogP contribution in [0.3, 0.4) is 0 Å². The Morgan fingerprint density at radius 1 is 1.57 bits per heavy atom. The summed E-state index contributed by atoms with van der Waals surface area (Å²) in [7, 11) is 2.68. The number of alkyl halides is 1. The Morgan fingerprint density at radius 2 is 2.33 bits per heavy atom. The molecule has 1 amide bonds. The number of methoxy groups -OCH3 is 1. The quantitative estimate of drug-likeness (QED) is 0.603. The van der Waals surface area contributed by atoms with Crippen molar-refractivity contribution >= 4 is 12.1 Å². The summed E-state index contributed by atoms with van der Waals surface area (Å²) >= 11 is 0. The molecule has 1 saturated carbocycles. The van der Waals surface area contributed by atoms with Crippen LogP contribution in [0.1, 0.15) is 6.42 Å². The minimum atomic E-state index is -1.03. The molecule has 0 bridgehead atoms. The van der Waals surface area contributed by atoms with Gasteiger partial charge in [-0.15, -0.1) is 0 Å². The van der Waals surface area contributed by atoms with Gasteiger partial charge in [0.2, 0.25) is 0 Å². The third-order valence-corrected chi connectivity index (χ3v) is 4.39. The van der Waals surface area contributed by atoms with Gasteiger partial charge in [0, 0.05) is 13.0 Å². The van der Waals surface area contributed by atoms with Gasteiger partial charge in [-0.2, -0.15) is 0 Å². The zero-order chi connectivity index (χ0) is 15.2. The van der Waals surface area contributed by atoms with Crippen LogP contribution in [-0.4, -0.2) is 50.9 Å². The molecule has 0 aromatic heterocycles. The van der Waals surface area contributed by atoms with E-state index < -0.39 is 36.5 Å². The Kier molecular flexibility index (Phi) is 3.27. The van der Waals surface area contributed by atoms with E-state index in [2.05, 4.69) is 5.32 Å². The number of hydrogen-bond donors (Lipinski definition) is 1. The summed E-state index contributed by atoms with van der Waals surface area (Å²) in [5.41, 5.74) is -0.709. The van der Waals surface area contributed by atoms with E-state index in [1.54, 1.807) is 0 Å². The van der Waals surface area contributed by atoms with E-state index in [1.165, 1.54) is 20.4 Å². The van der Waals surface area contributed by atoms with Gasteiger partial charge < -0.3 is 24.3 Å². The van der Waals surface area contributed by atoms with Crippen molar-refractivity contribution in [2.24, 2.45) is 11.8 Å². The monoisotopic (exact) mass is 301 g/mol. The number of carbonyl (C=O) groups is 2. The SMILES string of the molecule is CNC(=O)OC1OC=C(C(=O)OC)C2CC3O[C@]3(CF)C12. The molecule has 8 heteroatoms. The van der Waals surface area contributed by atoms with Crippen LogP contribution in [-0.2, 0) is 23.7 Å². The van der Waals surface area contributed by atoms with Crippen molar-refractivity contribution < 1.29 is 32.9 Å². The first-order chi connectivity index (χ1) is 10.1. The number of carbonyl (C=O) groups excluding carboxylic acids is 2. The summed E-state index contributed by atoms with van der Waals surface area (Å²) in [6, 6.07) is 0. The van der Waals surface area contributed by atoms with Crippen molar-refractivity contribution in [1.82, 2.24) is 5.32 Å². The molecule has 2 heterocycles. The molecule has 2 fully saturated rings. The second-order valence-electron chi connectivity index (χ2n) is 5.29. The summed E-state index contributed by atoms with van der Waals surface area (Å²) < 4.78 is 34.0. The molecule has 0 aromatic rings. The molecule has 4 unspecified atom stereocenters. The minimum absolute atomic E-state index is 0.289. The maximum atomic E-state index is 13.4. The largest absolute Gasteiger partial charge is 0.466 e. The van der Waals surface area contributed by atoms with Gasteiger partial charge in [-0.25, -0.2) is 14.0 Å². The maximum absolute atomic E-state index is 13.4. The number of rotatable bonds is 3. The van der Waals surface area contributed by atoms with Crippen LogP contribution in [0.2, 0.25) is 0 Å². The lowest BCUT2D eigenvalue weighted by Crippen LogP contribution is -2.46. The molecular weight excluding hydrogens is 285 g/mol. The summed E-state index contributed by atoms with van der Waals surface area (Å²) in [4.78, 5) is 23.2. The standard InChI is InChI=1S/C13H16FNO6/c1-15-12(17)20-11-9-6(3-8-13(9,5-14)21-8)7(4-19-11)10(16)18-2/h4,6,8-9,11H,3,5H2,1-2H3,(H,15,17)/t6?,8?,9?,11?,13-/m0/s1. The van der Waals surface area contributed by atoms with Crippen LogP contribution in [0, 0.1) is 11.8 Å². The van der Waals surface area contributed by atoms with Gasteiger partial charge in [0.25, 0.3) is 6.29 Å². The van der Waals surface area contributed by atoms with Crippen LogP contribution in [0.25, 0.3) is 0 Å². The number of hydrogen-bond acceptors (Lipinski definition) is 6. The Balaban J connectivity index is 1.89. The zero-order valence-electron chi connectivity index (χ0n) is 11.6. The van der Waals surface area contributed by atoms with Gasteiger partial charge in [0.1, 0.15) is 12.3 Å². The van der Waals surface area contributed by atoms with E-state index >= 15 is 0 Å². The van der Waals surface area contributed by atoms with Gasteiger partial charge in [0.15, 0.2) is 0 Å². The molecule has 7 nitrogen and oxygen atoms in total. The van der Waals surface area contributed by atoms with Gasteiger partial charge in [-0.05, 0) is 6.42 Å². The van der Waals surface area contributed by atoms with Crippen LogP contribution in [0.15, 0.2) is 11.8 Å². The van der Waals surface area contributed by atoms with Crippen molar-refractivity contribution in [3.63, 3.8) is 0 Å². The van der Waals surface area contributed by atoms with E-state index in [9.17, 15) is 14.0 Å². The van der Waals surface area contributed by atoms with Crippen LogP contribution < -0.4 is 5.32 Å². The molecule has 1 N–H and O–H groups in total. The third kappa shape index (κ3) is 1.97. The number of ether oxygens (including phenoxy) is 4. The fourth-order valence-electron chi connectivity index (χ4n) is 3.33. The highest BCUT2D eigenvalue weighted by molar-refractivity contribution is 5.89. The first-order valence-corrected chi connectivity index (χ1v) is 6.63. The van der Waals surface area contributed by atoms with E-state index in [1.807, 2.05) is 0 Å². The minimum Gasteiger partial charge on any atom is -0.466 e. The van der Waals surface area contributed by atoms with Crippen molar-refractivity contribution in [2.75, 3.05) is 20.8 Å². The molecule has 0 radical (unpaired) electrons. The molecular formula is C13H16FNO6. The number of esters is 1. The Morgan fingerprint density at radius 3 is 2.95 bits per heavy atom. The molecule has 5 atom stereocenters. The molecule has 3 rings (SSSR count). The Bertz CT molecular complexity index is 505. The number of epoxide rings is 1. The van der Waals surface area contributed by atoms with Gasteiger partial charge in [-0.1, -0.05) is 0 Å². The first-order valence-electron chi connectivity index (χ1n) is 6.63. The van der Waals surface area contributed by atoms with E-state index in [4.69, 9.17) is 18.9 Å². The summed E-state index contributed by atoms with van der Waals surface area (Å²) in [5.74, 6) is -1.40. The molecule has 1 saturated heterocycles. The second-order valence-corrected chi connectivity index (χ2v) is 5.29. The Hall–Kier alpha value is -1.83. The number of amides is 1. The van der Waals surface area contributed by atoms with Gasteiger partial charge >= 0.3 is 12.1 Å². The highest BCUT2D eigenvalue weighted by Gasteiger charge is 2.73. The first kappa shape index (κ1) is 14.1. The fraction of sp³-hybridized carbons (Fsp3) is 0.692. The summed E-state index contributed by atoms with van der Waals surface area (Å²) in [5, 5.41) is 2.31. The molecule has 1 aliphatic carbocycles. The fourth-order valence-corrected chi connectivity index (χ4v) is 3.33. The average Bonchev–Trinajstić information content (AvgIpc) is 3.11. The van der Waals surface area contributed by atoms with Gasteiger partial charge in [0.05, 0.1) is 31.0 Å². The van der Waals surface area contributed by atoms with Crippen LogP contribution in [0.5, 0.6) is 0 Å². The highest BCUT2D eigenvalue weighted by atomic mass is 19.1. The molecule has 0 aromatic carbocycles. The lowest BCUT2D eigenvalue weighted by atomic mass is 9.82. The lowest BCUT2D eigenvalue weighted by molar-refractivity contribution is -0.152. The normalized spacial score (nSPS) is 39.3. The molecule has 3 aliphatic rings. The second kappa shape index (κ2) is 4.87. The zero-order valence-corrected chi connectivity index (χ0v) is 11.6. The number of fused-ring (bicyclic) bond motifs is 3. The smallest absolute Gasteiger partial charge is 0.409 e. The predicted molar refractivity (Wildman–Crippen MR) is 65.7 cm³/mol. The maximum Gasteiger partial charge on any atom is 0.409 e. The van der Waals surface area contributed by atoms with Crippen molar-refractivity contribution in [1.29, 1.82) is 0 Å². The lowest BCUT2D eigenvalue weighted by Gasteiger charge is -2.35. The predicted octanol–water partition coefficient (Wildman–Crippen LogP) is 0.499. The van der Waals surface area contributed by atoms with E-state index in [-0.39, 0.29) is 12.0 Å². The average molecular weight is 301 g/mol. The van der Waals surface area contributed by atoms with Gasteiger partial charge in [-0.3, -0.25) is 0 Å². The molecule has 2 aliphatic heterocycles. The number of halogens is 1. The molecule has 116 valence electrons. The number of nitrogens with one attached hydrogen (secondary N) is 1. The topological polar surface area (TPSA) is 86.4 Å². The molecule has 21 heavy (non-hydrogen) atoms. The highest BCUT2D eigenvalue weighted by Crippen LogP contribution is 2.61. The number of alkyl carbamates (subject to hydrolysis) is 1. The van der Waals surface area contributed by atoms with E-state index in [0.29, 0.717) is 12.0 Å². The summed E-state index contributed by atoms with van der Waals surface area (Å²) in [6.07, 6.45) is -0.259. The van der Waals surface area contributed by atoms with Crippen molar-refractivity contribution in [2.45, 2.75) is 24.4 Å². The van der Waals surface area contributed by atoms with Crippen LogP contribution >= 0.6 is 0 Å². The summed E-state index contributed by atoms with van der Waals surface area (Å²) in [6.45, 7) is -0.718. The van der Waals surface area contributed by atoms with Crippen LogP contribution in [0.4, 0.5) is 9.18 Å². The van der Waals surface area contributed by atoms with E-state index in [0.717, 1.165) is 0 Å². The Labute approximate surface area is 120 Å².